The largest absolute Gasteiger partial charge is 0.455 e. The lowest BCUT2D eigenvalue weighted by Crippen LogP contribution is -2.60. The number of aliphatic hydroxyl groups excluding tert-OH is 1. The maximum absolute atomic E-state index is 14.8. The Morgan fingerprint density at radius 1 is 1.06 bits per heavy atom. The number of benzene rings is 2. The fourth-order valence-electron chi connectivity index (χ4n) is 8.14. The lowest BCUT2D eigenvalue weighted by Gasteiger charge is -2.40. The molecule has 0 saturated carbocycles. The zero-order valence-electron chi connectivity index (χ0n) is 29.6. The Bertz CT molecular complexity index is 1550. The first-order valence-electron chi connectivity index (χ1n) is 17.7. The van der Waals surface area contributed by atoms with E-state index in [1.54, 1.807) is 29.0 Å². The van der Waals surface area contributed by atoms with E-state index < -0.39 is 59.6 Å². The summed E-state index contributed by atoms with van der Waals surface area (Å²) in [5, 5.41) is 10.8. The second-order valence-electron chi connectivity index (χ2n) is 14.0. The van der Waals surface area contributed by atoms with Gasteiger partial charge in [0, 0.05) is 26.1 Å². The number of carbonyl (C=O) groups excluding carboxylic acids is 4. The number of amides is 3. The molecule has 0 aromatic heterocycles. The van der Waals surface area contributed by atoms with Gasteiger partial charge in [-0.15, -0.1) is 13.2 Å². The molecule has 268 valence electrons. The normalized spacial score (nSPS) is 25.5. The van der Waals surface area contributed by atoms with Crippen molar-refractivity contribution in [1.29, 1.82) is 0 Å². The minimum absolute atomic E-state index is 0.109. The molecule has 8 atom stereocenters. The van der Waals surface area contributed by atoms with E-state index in [1.165, 1.54) is 4.90 Å². The smallest absolute Gasteiger partial charge is 0.313 e. The molecule has 2 bridgehead atoms. The average molecular weight is 686 g/mol. The number of carbonyl (C=O) groups is 4. The molecule has 1 spiro atoms. The van der Waals surface area contributed by atoms with Gasteiger partial charge >= 0.3 is 5.97 Å². The van der Waals surface area contributed by atoms with E-state index >= 15 is 0 Å². The summed E-state index contributed by atoms with van der Waals surface area (Å²) < 4.78 is 13.0. The number of hydrogen-bond acceptors (Lipinski definition) is 7. The first kappa shape index (κ1) is 37.0. The molecule has 3 amide bonds. The van der Waals surface area contributed by atoms with Crippen LogP contribution in [0.3, 0.4) is 0 Å². The zero-order valence-corrected chi connectivity index (χ0v) is 29.6. The lowest BCUT2D eigenvalue weighted by atomic mass is 9.70. The molecule has 3 aliphatic rings. The highest BCUT2D eigenvalue weighted by atomic mass is 16.6. The number of hydrogen-bond donors (Lipinski definition) is 1. The summed E-state index contributed by atoms with van der Waals surface area (Å²) in [6, 6.07) is 16.3. The van der Waals surface area contributed by atoms with Gasteiger partial charge in [0.05, 0.1) is 36.6 Å². The van der Waals surface area contributed by atoms with Crippen molar-refractivity contribution in [3.63, 3.8) is 0 Å². The highest BCUT2D eigenvalue weighted by Crippen LogP contribution is 2.59. The third-order valence-electron chi connectivity index (χ3n) is 10.8. The van der Waals surface area contributed by atoms with Crippen molar-refractivity contribution in [3.8, 4) is 0 Å². The molecule has 0 unspecified atom stereocenters. The molecule has 3 fully saturated rings. The Morgan fingerprint density at radius 3 is 2.32 bits per heavy atom. The highest BCUT2D eigenvalue weighted by Gasteiger charge is 2.75. The quantitative estimate of drug-likeness (QED) is 0.205. The van der Waals surface area contributed by atoms with Crippen molar-refractivity contribution < 1.29 is 33.8 Å². The molecule has 3 heterocycles. The molecule has 0 aliphatic carbocycles. The monoisotopic (exact) mass is 685 g/mol. The zero-order chi connectivity index (χ0) is 36.2. The molecule has 10 heteroatoms. The van der Waals surface area contributed by atoms with Crippen molar-refractivity contribution in [2.24, 2.45) is 11.8 Å². The summed E-state index contributed by atoms with van der Waals surface area (Å²) in [4.78, 5) is 61.7. The van der Waals surface area contributed by atoms with Crippen LogP contribution < -0.4 is 0 Å². The number of esters is 1. The number of allylic oxidation sites excluding steroid dienone is 1. The number of nitrogens with zero attached hydrogens (tertiary/aromatic N) is 3. The molecule has 1 N–H and O–H groups in total. The summed E-state index contributed by atoms with van der Waals surface area (Å²) in [5.41, 5.74) is 0.342. The van der Waals surface area contributed by atoms with Crippen molar-refractivity contribution in [2.45, 2.75) is 94.9 Å². The Labute approximate surface area is 295 Å². The number of aliphatic hydroxyl groups is 1. The summed E-state index contributed by atoms with van der Waals surface area (Å²) in [7, 11) is 1.69. The van der Waals surface area contributed by atoms with Crippen LogP contribution >= 0.6 is 0 Å². The van der Waals surface area contributed by atoms with Gasteiger partial charge in [-0.1, -0.05) is 72.8 Å². The second kappa shape index (κ2) is 15.7. The molecular weight excluding hydrogens is 634 g/mol. The number of rotatable bonds is 16. The minimum Gasteiger partial charge on any atom is -0.455 e. The molecule has 3 saturated heterocycles. The molecule has 0 radical (unpaired) electrons. The van der Waals surface area contributed by atoms with Crippen LogP contribution in [-0.2, 0) is 35.1 Å². The maximum Gasteiger partial charge on any atom is 0.313 e. The van der Waals surface area contributed by atoms with Crippen LogP contribution in [0.15, 0.2) is 86.0 Å². The standard InChI is InChI=1S/C40H51N3O7/c1-7-9-20-32(45)41(6)27(5)35(29-18-14-11-15-19-29)49-39(48)33-31-21-22-40(50-31)34(33)37(46)43(30(25-44)24-28-16-12-10-13-17-28)36(40)38(47)42(23-8-2)26(3)4/h7-8,10-19,26-27,30-31,33-36,44H,1-2,9,20-25H2,3-6H3/t27-,30+,31+,33-,34-,35+,36+,40-/m0/s1. The molecular formula is C40H51N3O7. The molecule has 2 aromatic carbocycles. The fraction of sp³-hybridized carbons (Fsp3) is 0.500. The number of likely N-dealkylation sites (N-methyl/N-ethyl adjacent to an activating group) is 1. The van der Waals surface area contributed by atoms with Gasteiger partial charge < -0.3 is 29.3 Å². The third kappa shape index (κ3) is 6.88. The van der Waals surface area contributed by atoms with Gasteiger partial charge in [-0.25, -0.2) is 0 Å². The van der Waals surface area contributed by atoms with Gasteiger partial charge in [-0.3, -0.25) is 19.2 Å². The van der Waals surface area contributed by atoms with Crippen molar-refractivity contribution >= 4 is 23.7 Å². The van der Waals surface area contributed by atoms with Gasteiger partial charge in [0.1, 0.15) is 17.7 Å². The van der Waals surface area contributed by atoms with Crippen molar-refractivity contribution in [3.05, 3.63) is 97.1 Å². The average Bonchev–Trinajstić information content (AvgIpc) is 3.77. The lowest BCUT2D eigenvalue weighted by molar-refractivity contribution is -0.165. The highest BCUT2D eigenvalue weighted by molar-refractivity contribution is 5.98. The Morgan fingerprint density at radius 2 is 1.72 bits per heavy atom. The van der Waals surface area contributed by atoms with E-state index in [1.807, 2.05) is 81.4 Å². The molecule has 10 nitrogen and oxygen atoms in total. The van der Waals surface area contributed by atoms with Crippen LogP contribution in [0.25, 0.3) is 0 Å². The third-order valence-corrected chi connectivity index (χ3v) is 10.8. The van der Waals surface area contributed by atoms with Crippen molar-refractivity contribution in [1.82, 2.24) is 14.7 Å². The van der Waals surface area contributed by atoms with Crippen LogP contribution in [0.4, 0.5) is 0 Å². The summed E-state index contributed by atoms with van der Waals surface area (Å²) in [5.74, 6) is -3.37. The Hall–Kier alpha value is -4.28. The number of fused-ring (bicyclic) bond motifs is 1. The topological polar surface area (TPSA) is 117 Å². The van der Waals surface area contributed by atoms with Gasteiger partial charge in [0.15, 0.2) is 0 Å². The SMILES string of the molecule is C=CCCC(=O)N(C)[C@@H](C)[C@@H](OC(=O)[C@@H]1[C@H]2C(=O)N([C@@H](CO)Cc3ccccc3)[C@H](C(=O)N(CC=C)C(C)C)[C@]23CC[C@H]1O3)c1ccccc1. The maximum atomic E-state index is 14.8. The first-order chi connectivity index (χ1) is 24.0. The Kier molecular flexibility index (Phi) is 11.6. The van der Waals surface area contributed by atoms with Crippen molar-refractivity contribution in [2.75, 3.05) is 20.2 Å². The van der Waals surface area contributed by atoms with E-state index in [0.29, 0.717) is 31.2 Å². The van der Waals surface area contributed by atoms with Gasteiger partial charge in [0.25, 0.3) is 0 Å². The minimum atomic E-state index is -1.27. The van der Waals surface area contributed by atoms with Gasteiger partial charge in [-0.2, -0.15) is 0 Å². The van der Waals surface area contributed by atoms with Crippen LogP contribution in [-0.4, -0.2) is 99.6 Å². The molecule has 3 aliphatic heterocycles. The van der Waals surface area contributed by atoms with Crippen LogP contribution in [0.5, 0.6) is 0 Å². The van der Waals surface area contributed by atoms with E-state index in [2.05, 4.69) is 13.2 Å². The predicted octanol–water partition coefficient (Wildman–Crippen LogP) is 4.49. The van der Waals surface area contributed by atoms with E-state index in [-0.39, 0.29) is 37.4 Å². The molecule has 2 aromatic rings. The molecule has 50 heavy (non-hydrogen) atoms. The predicted molar refractivity (Wildman–Crippen MR) is 189 cm³/mol. The first-order valence-corrected chi connectivity index (χ1v) is 17.7. The number of ether oxygens (including phenoxy) is 2. The van der Waals surface area contributed by atoms with Crippen LogP contribution in [0.1, 0.15) is 63.7 Å². The van der Waals surface area contributed by atoms with E-state index in [4.69, 9.17) is 9.47 Å². The van der Waals surface area contributed by atoms with E-state index in [0.717, 1.165) is 5.56 Å². The summed E-state index contributed by atoms with van der Waals surface area (Å²) >= 11 is 0. The van der Waals surface area contributed by atoms with Gasteiger partial charge in [-0.05, 0) is 57.6 Å². The Balaban J connectivity index is 1.52. The van der Waals surface area contributed by atoms with Crippen LogP contribution in [0, 0.1) is 11.8 Å². The van der Waals surface area contributed by atoms with E-state index in [9.17, 15) is 24.3 Å². The fourth-order valence-corrected chi connectivity index (χ4v) is 8.14. The van der Waals surface area contributed by atoms with Crippen LogP contribution in [0.2, 0.25) is 0 Å². The second-order valence-corrected chi connectivity index (χ2v) is 14.0. The summed E-state index contributed by atoms with van der Waals surface area (Å²) in [6.45, 7) is 13.1. The van der Waals surface area contributed by atoms with Gasteiger partial charge in [0.2, 0.25) is 17.7 Å². The molecule has 5 rings (SSSR count). The number of likely N-dealkylation sites (tertiary alicyclic amines) is 1. The summed E-state index contributed by atoms with van der Waals surface area (Å²) in [6.07, 6.45) is 3.89.